The summed E-state index contributed by atoms with van der Waals surface area (Å²) in [5.74, 6) is 0.861. The Kier molecular flexibility index (Phi) is 3.66. The summed E-state index contributed by atoms with van der Waals surface area (Å²) in [7, 11) is 3.77. The average molecular weight is 236 g/mol. The number of morpholine rings is 1. The third kappa shape index (κ3) is 2.16. The molecular formula is C13H20N2O2. The monoisotopic (exact) mass is 236 g/mol. The molecule has 0 aliphatic carbocycles. The van der Waals surface area contributed by atoms with Crippen LogP contribution in [0.25, 0.3) is 0 Å². The van der Waals surface area contributed by atoms with Crippen LogP contribution in [0.4, 0.5) is 0 Å². The number of nitrogens with zero attached hydrogens (tertiary/aromatic N) is 1. The highest BCUT2D eigenvalue weighted by Crippen LogP contribution is 2.30. The molecule has 1 fully saturated rings. The number of benzene rings is 1. The quantitative estimate of drug-likeness (QED) is 0.843. The van der Waals surface area contributed by atoms with Gasteiger partial charge in [-0.25, -0.2) is 0 Å². The van der Waals surface area contributed by atoms with Crippen LogP contribution in [-0.2, 0) is 10.3 Å². The molecule has 1 unspecified atom stereocenters. The molecule has 1 saturated heterocycles. The van der Waals surface area contributed by atoms with E-state index in [0.717, 1.165) is 18.9 Å². The Balaban J connectivity index is 2.32. The van der Waals surface area contributed by atoms with Crippen molar-refractivity contribution in [2.45, 2.75) is 5.54 Å². The van der Waals surface area contributed by atoms with Crippen molar-refractivity contribution < 1.29 is 9.47 Å². The molecular weight excluding hydrogens is 216 g/mol. The first-order chi connectivity index (χ1) is 8.23. The Hall–Kier alpha value is -1.10. The van der Waals surface area contributed by atoms with E-state index in [9.17, 15) is 0 Å². The predicted molar refractivity (Wildman–Crippen MR) is 67.2 cm³/mol. The third-order valence-electron chi connectivity index (χ3n) is 3.61. The van der Waals surface area contributed by atoms with Crippen LogP contribution in [0.15, 0.2) is 24.3 Å². The Morgan fingerprint density at radius 1 is 1.41 bits per heavy atom. The summed E-state index contributed by atoms with van der Waals surface area (Å²) in [4.78, 5) is 2.28. The molecule has 0 spiro atoms. The highest BCUT2D eigenvalue weighted by atomic mass is 16.5. The van der Waals surface area contributed by atoms with Crippen molar-refractivity contribution in [2.75, 3.05) is 40.5 Å². The summed E-state index contributed by atoms with van der Waals surface area (Å²) < 4.78 is 10.8. The molecule has 0 amide bonds. The number of nitrogens with two attached hydrogens (primary N) is 1. The zero-order valence-corrected chi connectivity index (χ0v) is 10.5. The van der Waals surface area contributed by atoms with Crippen LogP contribution < -0.4 is 10.5 Å². The van der Waals surface area contributed by atoms with Crippen LogP contribution in [0.1, 0.15) is 5.56 Å². The van der Waals surface area contributed by atoms with Crippen LogP contribution >= 0.6 is 0 Å². The van der Waals surface area contributed by atoms with Crippen LogP contribution in [-0.4, -0.2) is 45.4 Å². The van der Waals surface area contributed by atoms with E-state index in [1.54, 1.807) is 7.11 Å². The minimum Gasteiger partial charge on any atom is -0.497 e. The van der Waals surface area contributed by atoms with Crippen molar-refractivity contribution in [2.24, 2.45) is 5.73 Å². The van der Waals surface area contributed by atoms with Crippen LogP contribution in [0.2, 0.25) is 0 Å². The van der Waals surface area contributed by atoms with E-state index in [1.807, 2.05) is 12.1 Å². The lowest BCUT2D eigenvalue weighted by Crippen LogP contribution is -2.56. The van der Waals surface area contributed by atoms with Gasteiger partial charge in [-0.15, -0.1) is 0 Å². The van der Waals surface area contributed by atoms with Gasteiger partial charge in [-0.2, -0.15) is 0 Å². The lowest BCUT2D eigenvalue weighted by Gasteiger charge is -2.44. The number of likely N-dealkylation sites (N-methyl/N-ethyl adjacent to an activating group) is 1. The molecule has 4 heteroatoms. The fourth-order valence-corrected chi connectivity index (χ4v) is 2.30. The normalized spacial score (nSPS) is 25.8. The van der Waals surface area contributed by atoms with E-state index in [1.165, 1.54) is 5.56 Å². The molecule has 0 saturated carbocycles. The third-order valence-corrected chi connectivity index (χ3v) is 3.61. The van der Waals surface area contributed by atoms with E-state index in [4.69, 9.17) is 15.2 Å². The van der Waals surface area contributed by atoms with E-state index in [2.05, 4.69) is 24.1 Å². The van der Waals surface area contributed by atoms with Gasteiger partial charge < -0.3 is 15.2 Å². The summed E-state index contributed by atoms with van der Waals surface area (Å²) in [6.07, 6.45) is 0. The van der Waals surface area contributed by atoms with Gasteiger partial charge in [-0.05, 0) is 24.7 Å². The van der Waals surface area contributed by atoms with Crippen molar-refractivity contribution in [3.63, 3.8) is 0 Å². The SMILES string of the molecule is COc1ccc(C2(CN)COCCN2C)cc1. The van der Waals surface area contributed by atoms with Gasteiger partial charge in [0.1, 0.15) is 5.75 Å². The zero-order valence-electron chi connectivity index (χ0n) is 10.5. The number of rotatable bonds is 3. The lowest BCUT2D eigenvalue weighted by atomic mass is 9.88. The summed E-state index contributed by atoms with van der Waals surface area (Å²) in [5, 5.41) is 0. The number of hydrogen-bond donors (Lipinski definition) is 1. The van der Waals surface area contributed by atoms with E-state index in [-0.39, 0.29) is 5.54 Å². The molecule has 0 radical (unpaired) electrons. The first kappa shape index (κ1) is 12.4. The highest BCUT2D eigenvalue weighted by molar-refractivity contribution is 5.33. The van der Waals surface area contributed by atoms with Crippen molar-refractivity contribution in [1.29, 1.82) is 0 Å². The van der Waals surface area contributed by atoms with Crippen LogP contribution in [0.3, 0.4) is 0 Å². The van der Waals surface area contributed by atoms with Gasteiger partial charge in [-0.1, -0.05) is 12.1 Å². The molecule has 1 aromatic carbocycles. The van der Waals surface area contributed by atoms with Crippen LogP contribution in [0.5, 0.6) is 5.75 Å². The number of hydrogen-bond acceptors (Lipinski definition) is 4. The Morgan fingerprint density at radius 3 is 2.65 bits per heavy atom. The Labute approximate surface area is 102 Å². The maximum atomic E-state index is 5.98. The van der Waals surface area contributed by atoms with E-state index in [0.29, 0.717) is 13.2 Å². The average Bonchev–Trinajstić information content (AvgIpc) is 2.40. The van der Waals surface area contributed by atoms with Crippen molar-refractivity contribution >= 4 is 0 Å². The van der Waals surface area contributed by atoms with Gasteiger partial charge in [0.05, 0.1) is 25.9 Å². The molecule has 1 heterocycles. The van der Waals surface area contributed by atoms with E-state index >= 15 is 0 Å². The topological polar surface area (TPSA) is 47.7 Å². The van der Waals surface area contributed by atoms with Gasteiger partial charge in [0, 0.05) is 13.1 Å². The van der Waals surface area contributed by atoms with Gasteiger partial charge in [0.2, 0.25) is 0 Å². The maximum absolute atomic E-state index is 5.98. The minimum absolute atomic E-state index is 0.204. The second kappa shape index (κ2) is 5.04. The van der Waals surface area contributed by atoms with Gasteiger partial charge in [-0.3, -0.25) is 4.90 Å². The molecule has 0 bridgehead atoms. The molecule has 1 aliphatic heterocycles. The molecule has 1 atom stereocenters. The van der Waals surface area contributed by atoms with Crippen molar-refractivity contribution in [3.05, 3.63) is 29.8 Å². The number of methoxy groups -OCH3 is 1. The fraction of sp³-hybridized carbons (Fsp3) is 0.538. The zero-order chi connectivity index (χ0) is 12.3. The first-order valence-electron chi connectivity index (χ1n) is 5.86. The molecule has 1 aromatic rings. The Morgan fingerprint density at radius 2 is 2.12 bits per heavy atom. The summed E-state index contributed by atoms with van der Waals surface area (Å²) in [6.45, 7) is 2.87. The summed E-state index contributed by atoms with van der Waals surface area (Å²) >= 11 is 0. The molecule has 17 heavy (non-hydrogen) atoms. The second-order valence-electron chi connectivity index (χ2n) is 4.44. The summed E-state index contributed by atoms with van der Waals surface area (Å²) in [5.41, 5.74) is 6.96. The smallest absolute Gasteiger partial charge is 0.118 e. The molecule has 94 valence electrons. The van der Waals surface area contributed by atoms with E-state index < -0.39 is 0 Å². The fourth-order valence-electron chi connectivity index (χ4n) is 2.30. The summed E-state index contributed by atoms with van der Waals surface area (Å²) in [6, 6.07) is 8.07. The molecule has 1 aliphatic rings. The van der Waals surface area contributed by atoms with Gasteiger partial charge >= 0.3 is 0 Å². The largest absolute Gasteiger partial charge is 0.497 e. The standard InChI is InChI=1S/C13H20N2O2/c1-15-7-8-17-10-13(15,9-14)11-3-5-12(16-2)6-4-11/h3-6H,7-10,14H2,1-2H3. The molecule has 0 aromatic heterocycles. The van der Waals surface area contributed by atoms with Gasteiger partial charge in [0.15, 0.2) is 0 Å². The number of ether oxygens (including phenoxy) is 2. The van der Waals surface area contributed by atoms with Crippen molar-refractivity contribution in [3.8, 4) is 5.75 Å². The maximum Gasteiger partial charge on any atom is 0.118 e. The molecule has 2 rings (SSSR count). The van der Waals surface area contributed by atoms with Gasteiger partial charge in [0.25, 0.3) is 0 Å². The lowest BCUT2D eigenvalue weighted by molar-refractivity contribution is -0.0549. The van der Waals surface area contributed by atoms with Crippen molar-refractivity contribution in [1.82, 2.24) is 4.90 Å². The molecule has 4 nitrogen and oxygen atoms in total. The predicted octanol–water partition coefficient (Wildman–Crippen LogP) is 0.811. The Bertz CT molecular complexity index is 366. The second-order valence-corrected chi connectivity index (χ2v) is 4.44. The highest BCUT2D eigenvalue weighted by Gasteiger charge is 2.37. The molecule has 2 N–H and O–H groups in total. The first-order valence-corrected chi connectivity index (χ1v) is 5.86. The minimum atomic E-state index is -0.204. The van der Waals surface area contributed by atoms with Crippen LogP contribution in [0, 0.1) is 0 Å².